The lowest BCUT2D eigenvalue weighted by Gasteiger charge is -2.43. The summed E-state index contributed by atoms with van der Waals surface area (Å²) >= 11 is 2.07. The number of rotatable bonds is 4. The number of ether oxygens (including phenoxy) is 2. The van der Waals surface area contributed by atoms with Crippen LogP contribution in [0.15, 0.2) is 0 Å². The third kappa shape index (κ3) is 3.85. The van der Waals surface area contributed by atoms with Gasteiger partial charge in [-0.3, -0.25) is 0 Å². The maximum absolute atomic E-state index is 6.09. The summed E-state index contributed by atoms with van der Waals surface area (Å²) in [6.45, 7) is 3.98. The Morgan fingerprint density at radius 1 is 1.47 bits per heavy atom. The van der Waals surface area contributed by atoms with Crippen molar-refractivity contribution < 1.29 is 9.47 Å². The molecule has 1 spiro atoms. The highest BCUT2D eigenvalue weighted by Crippen LogP contribution is 2.37. The molecule has 1 N–H and O–H groups in total. The van der Waals surface area contributed by atoms with Gasteiger partial charge in [0.1, 0.15) is 0 Å². The van der Waals surface area contributed by atoms with Crippen LogP contribution in [0.25, 0.3) is 0 Å². The van der Waals surface area contributed by atoms with Gasteiger partial charge < -0.3 is 14.8 Å². The number of hydrogen-bond acceptors (Lipinski definition) is 4. The number of methoxy groups -OCH3 is 1. The van der Waals surface area contributed by atoms with Crippen LogP contribution in [0.5, 0.6) is 0 Å². The first-order valence-corrected chi connectivity index (χ1v) is 7.87. The molecule has 2 atom stereocenters. The van der Waals surface area contributed by atoms with E-state index in [1.807, 2.05) is 0 Å². The average molecular weight is 259 g/mol. The van der Waals surface area contributed by atoms with E-state index in [4.69, 9.17) is 9.47 Å². The second-order valence-corrected chi connectivity index (χ2v) is 6.51. The molecule has 2 saturated heterocycles. The van der Waals surface area contributed by atoms with E-state index in [1.54, 1.807) is 7.11 Å². The van der Waals surface area contributed by atoms with Crippen molar-refractivity contribution in [3.8, 4) is 0 Å². The van der Waals surface area contributed by atoms with E-state index in [2.05, 4.69) is 24.0 Å². The van der Waals surface area contributed by atoms with Gasteiger partial charge in [-0.1, -0.05) is 0 Å². The number of hydrogen-bond donors (Lipinski definition) is 1. The Kier molecular flexibility index (Phi) is 5.15. The molecule has 2 rings (SSSR count). The normalized spacial score (nSPS) is 30.4. The van der Waals surface area contributed by atoms with Crippen molar-refractivity contribution in [3.05, 3.63) is 0 Å². The Bertz CT molecular complexity index is 226. The minimum Gasteiger partial charge on any atom is -0.380 e. The van der Waals surface area contributed by atoms with Crippen LogP contribution in [0.3, 0.4) is 0 Å². The largest absolute Gasteiger partial charge is 0.380 e. The topological polar surface area (TPSA) is 30.5 Å². The Labute approximate surface area is 109 Å². The molecule has 2 fully saturated rings. The van der Waals surface area contributed by atoms with Crippen molar-refractivity contribution in [2.45, 2.75) is 50.4 Å². The van der Waals surface area contributed by atoms with Crippen molar-refractivity contribution in [2.75, 3.05) is 31.8 Å². The molecule has 0 aliphatic carbocycles. The van der Waals surface area contributed by atoms with Crippen LogP contribution in [0.1, 0.15) is 32.6 Å². The van der Waals surface area contributed by atoms with Crippen LogP contribution in [0, 0.1) is 0 Å². The van der Waals surface area contributed by atoms with Crippen molar-refractivity contribution in [1.29, 1.82) is 0 Å². The fourth-order valence-electron chi connectivity index (χ4n) is 2.71. The zero-order chi connectivity index (χ0) is 12.1. The number of nitrogens with one attached hydrogen (secondary N) is 1. The van der Waals surface area contributed by atoms with Gasteiger partial charge in [-0.2, -0.15) is 11.8 Å². The Hall–Kier alpha value is 0.230. The van der Waals surface area contributed by atoms with Gasteiger partial charge in [0.2, 0.25) is 0 Å². The summed E-state index contributed by atoms with van der Waals surface area (Å²) in [5.41, 5.74) is 0.192. The molecule has 0 aromatic rings. The van der Waals surface area contributed by atoms with Crippen molar-refractivity contribution in [3.63, 3.8) is 0 Å². The van der Waals surface area contributed by atoms with Gasteiger partial charge in [0.15, 0.2) is 0 Å². The fraction of sp³-hybridized carbons (Fsp3) is 1.00. The molecular formula is C13H25NO2S. The van der Waals surface area contributed by atoms with Gasteiger partial charge in [0.05, 0.1) is 11.7 Å². The van der Waals surface area contributed by atoms with E-state index in [0.717, 1.165) is 19.6 Å². The molecule has 3 nitrogen and oxygen atoms in total. The molecule has 17 heavy (non-hydrogen) atoms. The molecule has 0 aromatic carbocycles. The van der Waals surface area contributed by atoms with Crippen molar-refractivity contribution >= 4 is 11.8 Å². The van der Waals surface area contributed by atoms with Gasteiger partial charge in [0, 0.05) is 26.3 Å². The van der Waals surface area contributed by atoms with E-state index in [-0.39, 0.29) is 5.60 Å². The minimum atomic E-state index is 0.192. The van der Waals surface area contributed by atoms with Gasteiger partial charge in [-0.25, -0.2) is 0 Å². The predicted molar refractivity (Wildman–Crippen MR) is 72.7 cm³/mol. The summed E-state index contributed by atoms with van der Waals surface area (Å²) in [7, 11) is 1.77. The maximum Gasteiger partial charge on any atom is 0.0713 e. The second-order valence-electron chi connectivity index (χ2n) is 5.29. The highest BCUT2D eigenvalue weighted by molar-refractivity contribution is 7.99. The van der Waals surface area contributed by atoms with E-state index in [9.17, 15) is 0 Å². The first kappa shape index (κ1) is 13.7. The van der Waals surface area contributed by atoms with Gasteiger partial charge in [-0.05, 0) is 44.1 Å². The first-order chi connectivity index (χ1) is 8.24. The summed E-state index contributed by atoms with van der Waals surface area (Å²) < 4.78 is 11.4. The monoisotopic (exact) mass is 259 g/mol. The number of thioether (sulfide) groups is 1. The zero-order valence-corrected chi connectivity index (χ0v) is 11.9. The van der Waals surface area contributed by atoms with E-state index >= 15 is 0 Å². The van der Waals surface area contributed by atoms with Crippen molar-refractivity contribution in [1.82, 2.24) is 5.32 Å². The maximum atomic E-state index is 6.09. The molecule has 100 valence electrons. The van der Waals surface area contributed by atoms with Crippen LogP contribution in [-0.4, -0.2) is 49.5 Å². The first-order valence-electron chi connectivity index (χ1n) is 6.72. The Morgan fingerprint density at radius 2 is 2.24 bits per heavy atom. The summed E-state index contributed by atoms with van der Waals surface area (Å²) in [6, 6.07) is 0.615. The molecule has 0 aromatic heterocycles. The molecule has 0 saturated carbocycles. The molecule has 0 bridgehead atoms. The molecular weight excluding hydrogens is 234 g/mol. The summed E-state index contributed by atoms with van der Waals surface area (Å²) in [5.74, 6) is 2.53. The fourth-order valence-corrected chi connectivity index (χ4v) is 3.95. The van der Waals surface area contributed by atoms with Crippen LogP contribution in [0.4, 0.5) is 0 Å². The summed E-state index contributed by atoms with van der Waals surface area (Å²) in [5, 5.41) is 3.63. The van der Waals surface area contributed by atoms with Gasteiger partial charge >= 0.3 is 0 Å². The highest BCUT2D eigenvalue weighted by Gasteiger charge is 2.38. The molecule has 2 aliphatic rings. The minimum absolute atomic E-state index is 0.192. The molecule has 0 amide bonds. The molecule has 4 heteroatoms. The van der Waals surface area contributed by atoms with Crippen LogP contribution in [-0.2, 0) is 9.47 Å². The standard InChI is InChI=1S/C13H25NO2S/c1-11(15-2)10-14-12-3-6-16-13(9-12)4-7-17-8-5-13/h11-12,14H,3-10H2,1-2H3. The van der Waals surface area contributed by atoms with Crippen LogP contribution in [0.2, 0.25) is 0 Å². The molecule has 2 heterocycles. The van der Waals surface area contributed by atoms with E-state index < -0.39 is 0 Å². The molecule has 2 aliphatic heterocycles. The lowest BCUT2D eigenvalue weighted by Crippen LogP contribution is -2.50. The quantitative estimate of drug-likeness (QED) is 0.837. The van der Waals surface area contributed by atoms with E-state index in [0.29, 0.717) is 12.1 Å². The van der Waals surface area contributed by atoms with Gasteiger partial charge in [-0.15, -0.1) is 0 Å². The lowest BCUT2D eigenvalue weighted by molar-refractivity contribution is -0.0939. The average Bonchev–Trinajstić information content (AvgIpc) is 2.37. The third-order valence-electron chi connectivity index (χ3n) is 3.99. The van der Waals surface area contributed by atoms with E-state index in [1.165, 1.54) is 30.8 Å². The van der Waals surface area contributed by atoms with Crippen LogP contribution < -0.4 is 5.32 Å². The predicted octanol–water partition coefficient (Wildman–Crippen LogP) is 2.06. The summed E-state index contributed by atoms with van der Waals surface area (Å²) in [4.78, 5) is 0. The lowest BCUT2D eigenvalue weighted by atomic mass is 9.85. The van der Waals surface area contributed by atoms with Gasteiger partial charge in [0.25, 0.3) is 0 Å². The SMILES string of the molecule is COC(C)CNC1CCOC2(CCSCC2)C1. The molecule has 2 unspecified atom stereocenters. The van der Waals surface area contributed by atoms with Crippen LogP contribution >= 0.6 is 11.8 Å². The Morgan fingerprint density at radius 3 is 2.94 bits per heavy atom. The third-order valence-corrected chi connectivity index (χ3v) is 4.98. The molecule has 0 radical (unpaired) electrons. The summed E-state index contributed by atoms with van der Waals surface area (Å²) in [6.07, 6.45) is 5.09. The second kappa shape index (κ2) is 6.41. The zero-order valence-electron chi connectivity index (χ0n) is 11.0. The highest BCUT2D eigenvalue weighted by atomic mass is 32.2. The smallest absolute Gasteiger partial charge is 0.0713 e. The Balaban J connectivity index is 1.79. The van der Waals surface area contributed by atoms with Crippen molar-refractivity contribution in [2.24, 2.45) is 0 Å².